The van der Waals surface area contributed by atoms with E-state index in [0.717, 1.165) is 0 Å². The Balaban J connectivity index is 2.08. The second-order valence-electron chi connectivity index (χ2n) is 3.90. The third-order valence-corrected chi connectivity index (χ3v) is 2.38. The molecule has 0 radical (unpaired) electrons. The van der Waals surface area contributed by atoms with Gasteiger partial charge in [-0.25, -0.2) is 4.98 Å². The highest BCUT2D eigenvalue weighted by Crippen LogP contribution is 2.26. The first-order chi connectivity index (χ1) is 9.28. The van der Waals surface area contributed by atoms with Gasteiger partial charge in [0.15, 0.2) is 0 Å². The molecular weight excluding hydrogens is 244 g/mol. The van der Waals surface area contributed by atoms with Crippen LogP contribution in [0, 0.1) is 0 Å². The number of rotatable bonds is 6. The van der Waals surface area contributed by atoms with Crippen molar-refractivity contribution < 1.29 is 14.6 Å². The topological polar surface area (TPSA) is 63.6 Å². The summed E-state index contributed by atoms with van der Waals surface area (Å²) in [5.41, 5.74) is 0.714. The molecule has 0 spiro atoms. The number of aromatic hydroxyl groups is 1. The first-order valence-electron chi connectivity index (χ1n) is 5.92. The fourth-order valence-electron chi connectivity index (χ4n) is 1.57. The molecule has 1 aromatic heterocycles. The second-order valence-corrected chi connectivity index (χ2v) is 3.90. The number of phenols is 1. The second kappa shape index (κ2) is 6.61. The summed E-state index contributed by atoms with van der Waals surface area (Å²) in [6.07, 6.45) is 1.70. The fraction of sp³-hybridized carbons (Fsp3) is 0.214. The van der Waals surface area contributed by atoms with Crippen LogP contribution in [0.15, 0.2) is 42.6 Å². The number of ether oxygens (including phenoxy) is 2. The zero-order valence-corrected chi connectivity index (χ0v) is 10.7. The van der Waals surface area contributed by atoms with Crippen molar-refractivity contribution in [2.45, 2.75) is 0 Å². The Labute approximate surface area is 111 Å². The SMILES string of the molecule is COCCOc1cc(O)cc(Nc2ccccn2)c1. The van der Waals surface area contributed by atoms with Crippen LogP contribution in [0.25, 0.3) is 0 Å². The van der Waals surface area contributed by atoms with Gasteiger partial charge in [0.2, 0.25) is 0 Å². The number of benzene rings is 1. The molecule has 0 saturated heterocycles. The van der Waals surface area contributed by atoms with Crippen molar-refractivity contribution in [3.05, 3.63) is 42.6 Å². The number of anilines is 2. The van der Waals surface area contributed by atoms with E-state index in [0.29, 0.717) is 30.5 Å². The Morgan fingerprint density at radius 1 is 1.21 bits per heavy atom. The van der Waals surface area contributed by atoms with Crippen LogP contribution in [0.1, 0.15) is 0 Å². The van der Waals surface area contributed by atoms with Gasteiger partial charge < -0.3 is 19.9 Å². The number of methoxy groups -OCH3 is 1. The molecule has 5 heteroatoms. The smallest absolute Gasteiger partial charge is 0.130 e. The molecule has 100 valence electrons. The average Bonchev–Trinajstić information content (AvgIpc) is 2.39. The van der Waals surface area contributed by atoms with E-state index in [1.54, 1.807) is 31.5 Å². The molecule has 0 aliphatic rings. The lowest BCUT2D eigenvalue weighted by atomic mass is 10.2. The van der Waals surface area contributed by atoms with Gasteiger partial charge in [0, 0.05) is 37.2 Å². The number of nitrogens with one attached hydrogen (secondary N) is 1. The molecule has 0 aliphatic heterocycles. The maximum Gasteiger partial charge on any atom is 0.130 e. The van der Waals surface area contributed by atoms with Gasteiger partial charge in [-0.2, -0.15) is 0 Å². The first kappa shape index (κ1) is 13.2. The summed E-state index contributed by atoms with van der Waals surface area (Å²) in [4.78, 5) is 4.16. The lowest BCUT2D eigenvalue weighted by molar-refractivity contribution is 0.146. The Bertz CT molecular complexity index is 517. The molecule has 0 fully saturated rings. The Morgan fingerprint density at radius 3 is 2.84 bits per heavy atom. The van der Waals surface area contributed by atoms with Crippen LogP contribution in [0.3, 0.4) is 0 Å². The third kappa shape index (κ3) is 4.15. The Morgan fingerprint density at radius 2 is 2.11 bits per heavy atom. The quantitative estimate of drug-likeness (QED) is 0.781. The van der Waals surface area contributed by atoms with Gasteiger partial charge in [-0.3, -0.25) is 0 Å². The summed E-state index contributed by atoms with van der Waals surface area (Å²) in [6.45, 7) is 0.932. The molecule has 5 nitrogen and oxygen atoms in total. The Hall–Kier alpha value is -2.27. The number of hydrogen-bond acceptors (Lipinski definition) is 5. The summed E-state index contributed by atoms with van der Waals surface area (Å²) in [7, 11) is 1.61. The zero-order valence-electron chi connectivity index (χ0n) is 10.7. The highest BCUT2D eigenvalue weighted by atomic mass is 16.5. The molecule has 0 bridgehead atoms. The monoisotopic (exact) mass is 260 g/mol. The van der Waals surface area contributed by atoms with Crippen LogP contribution in [-0.4, -0.2) is 30.4 Å². The molecule has 2 rings (SSSR count). The largest absolute Gasteiger partial charge is 0.508 e. The van der Waals surface area contributed by atoms with E-state index >= 15 is 0 Å². The van der Waals surface area contributed by atoms with E-state index in [1.165, 1.54) is 0 Å². The van der Waals surface area contributed by atoms with E-state index in [4.69, 9.17) is 9.47 Å². The van der Waals surface area contributed by atoms with Crippen LogP contribution in [0.2, 0.25) is 0 Å². The van der Waals surface area contributed by atoms with Crippen molar-refractivity contribution in [3.63, 3.8) is 0 Å². The van der Waals surface area contributed by atoms with Gasteiger partial charge in [0.25, 0.3) is 0 Å². The third-order valence-electron chi connectivity index (χ3n) is 2.38. The molecule has 0 saturated carbocycles. The molecule has 1 aromatic carbocycles. The number of pyridine rings is 1. The summed E-state index contributed by atoms with van der Waals surface area (Å²) < 4.78 is 10.4. The fourth-order valence-corrected chi connectivity index (χ4v) is 1.57. The van der Waals surface area contributed by atoms with Gasteiger partial charge in [-0.1, -0.05) is 6.07 Å². The van der Waals surface area contributed by atoms with Crippen LogP contribution in [0.5, 0.6) is 11.5 Å². The molecule has 2 aromatic rings. The van der Waals surface area contributed by atoms with Crippen molar-refractivity contribution in [2.24, 2.45) is 0 Å². The van der Waals surface area contributed by atoms with Gasteiger partial charge >= 0.3 is 0 Å². The van der Waals surface area contributed by atoms with Gasteiger partial charge in [0.05, 0.1) is 6.61 Å². The summed E-state index contributed by atoms with van der Waals surface area (Å²) >= 11 is 0. The van der Waals surface area contributed by atoms with Crippen LogP contribution in [-0.2, 0) is 4.74 Å². The number of phenolic OH excluding ortho intramolecular Hbond substituents is 1. The van der Waals surface area contributed by atoms with E-state index in [1.807, 2.05) is 18.2 Å². The van der Waals surface area contributed by atoms with E-state index in [9.17, 15) is 5.11 Å². The summed E-state index contributed by atoms with van der Waals surface area (Å²) in [5, 5.41) is 12.7. The number of aromatic nitrogens is 1. The highest BCUT2D eigenvalue weighted by Gasteiger charge is 2.02. The lowest BCUT2D eigenvalue weighted by Gasteiger charge is -2.10. The predicted octanol–water partition coefficient (Wildman–Crippen LogP) is 2.56. The van der Waals surface area contributed by atoms with Crippen molar-refractivity contribution in [2.75, 3.05) is 25.6 Å². The van der Waals surface area contributed by atoms with E-state index in [2.05, 4.69) is 10.3 Å². The molecule has 0 amide bonds. The minimum atomic E-state index is 0.133. The zero-order chi connectivity index (χ0) is 13.5. The van der Waals surface area contributed by atoms with Crippen LogP contribution < -0.4 is 10.1 Å². The van der Waals surface area contributed by atoms with Gasteiger partial charge in [-0.15, -0.1) is 0 Å². The Kier molecular flexibility index (Phi) is 4.58. The maximum atomic E-state index is 9.66. The normalized spacial score (nSPS) is 10.2. The van der Waals surface area contributed by atoms with Crippen molar-refractivity contribution >= 4 is 11.5 Å². The van der Waals surface area contributed by atoms with E-state index < -0.39 is 0 Å². The minimum absolute atomic E-state index is 0.133. The molecule has 2 N–H and O–H groups in total. The van der Waals surface area contributed by atoms with E-state index in [-0.39, 0.29) is 5.75 Å². The highest BCUT2D eigenvalue weighted by molar-refractivity contribution is 5.60. The van der Waals surface area contributed by atoms with Crippen molar-refractivity contribution in [1.82, 2.24) is 4.98 Å². The molecule has 19 heavy (non-hydrogen) atoms. The maximum absolute atomic E-state index is 9.66. The summed E-state index contributed by atoms with van der Waals surface area (Å²) in [5.74, 6) is 1.42. The molecule has 0 aliphatic carbocycles. The summed E-state index contributed by atoms with van der Waals surface area (Å²) in [6, 6.07) is 10.5. The molecule has 0 unspecified atom stereocenters. The van der Waals surface area contributed by atoms with Crippen molar-refractivity contribution in [1.29, 1.82) is 0 Å². The van der Waals surface area contributed by atoms with Crippen molar-refractivity contribution in [3.8, 4) is 11.5 Å². The van der Waals surface area contributed by atoms with Gasteiger partial charge in [-0.05, 0) is 12.1 Å². The van der Waals surface area contributed by atoms with Crippen LogP contribution >= 0.6 is 0 Å². The van der Waals surface area contributed by atoms with Crippen LogP contribution in [0.4, 0.5) is 11.5 Å². The average molecular weight is 260 g/mol. The number of hydrogen-bond donors (Lipinski definition) is 2. The number of nitrogens with zero attached hydrogens (tertiary/aromatic N) is 1. The molecule has 1 heterocycles. The standard InChI is InChI=1S/C14H16N2O3/c1-18-6-7-19-13-9-11(8-12(17)10-13)16-14-4-2-3-5-15-14/h2-5,8-10,17H,6-7H2,1H3,(H,15,16). The molecule has 0 atom stereocenters. The first-order valence-corrected chi connectivity index (χ1v) is 5.92. The lowest BCUT2D eigenvalue weighted by Crippen LogP contribution is -2.04. The van der Waals surface area contributed by atoms with Gasteiger partial charge in [0.1, 0.15) is 23.9 Å². The predicted molar refractivity (Wildman–Crippen MR) is 73.0 cm³/mol. The molecular formula is C14H16N2O3. The minimum Gasteiger partial charge on any atom is -0.508 e.